The molecule has 2 heterocycles. The predicted molar refractivity (Wildman–Crippen MR) is 63.0 cm³/mol. The lowest BCUT2D eigenvalue weighted by Crippen LogP contribution is -2.01. The first-order chi connectivity index (χ1) is 7.36. The Morgan fingerprint density at radius 1 is 1.40 bits per heavy atom. The average Bonchev–Trinajstić information content (AvgIpc) is 2.69. The summed E-state index contributed by atoms with van der Waals surface area (Å²) in [6.07, 6.45) is 5.40. The molecule has 0 atom stereocenters. The zero-order valence-electron chi connectivity index (χ0n) is 8.77. The van der Waals surface area contributed by atoms with Gasteiger partial charge < -0.3 is 9.88 Å². The Balaban J connectivity index is 2.42. The molecule has 0 amide bonds. The Hall–Kier alpha value is -1.30. The van der Waals surface area contributed by atoms with E-state index in [1.807, 2.05) is 10.8 Å². The van der Waals surface area contributed by atoms with Gasteiger partial charge in [-0.05, 0) is 13.2 Å². The Labute approximate surface area is 92.3 Å². The number of hydrogen-bond acceptors (Lipinski definition) is 5. The molecule has 5 nitrogen and oxygen atoms in total. The van der Waals surface area contributed by atoms with E-state index in [1.165, 1.54) is 0 Å². The van der Waals surface area contributed by atoms with Gasteiger partial charge in [0.25, 0.3) is 0 Å². The molecule has 6 heteroatoms. The van der Waals surface area contributed by atoms with E-state index in [4.69, 9.17) is 0 Å². The second kappa shape index (κ2) is 4.48. The van der Waals surface area contributed by atoms with E-state index in [9.17, 15) is 0 Å². The zero-order chi connectivity index (χ0) is 10.7. The lowest BCUT2D eigenvalue weighted by molar-refractivity contribution is 0.777. The second-order valence-electron chi connectivity index (χ2n) is 3.03. The van der Waals surface area contributed by atoms with Crippen LogP contribution in [0.1, 0.15) is 6.92 Å². The van der Waals surface area contributed by atoms with Crippen LogP contribution in [0.3, 0.4) is 0 Å². The van der Waals surface area contributed by atoms with Crippen molar-refractivity contribution >= 4 is 28.7 Å². The topological polar surface area (TPSA) is 55.6 Å². The van der Waals surface area contributed by atoms with Crippen LogP contribution >= 0.6 is 11.8 Å². The molecule has 2 rings (SSSR count). The Bertz CT molecular complexity index is 453. The van der Waals surface area contributed by atoms with Gasteiger partial charge in [-0.2, -0.15) is 0 Å². The molecule has 0 saturated carbocycles. The molecule has 0 saturated heterocycles. The van der Waals surface area contributed by atoms with Crippen LogP contribution in [-0.2, 0) is 6.54 Å². The molecule has 0 aliphatic heterocycles. The quantitative estimate of drug-likeness (QED) is 0.797. The number of aromatic nitrogens is 4. The van der Waals surface area contributed by atoms with E-state index in [0.717, 1.165) is 29.4 Å². The first-order valence-electron chi connectivity index (χ1n) is 4.75. The fourth-order valence-corrected chi connectivity index (χ4v) is 1.66. The number of rotatable bonds is 4. The fourth-order valence-electron chi connectivity index (χ4n) is 1.38. The summed E-state index contributed by atoms with van der Waals surface area (Å²) in [5, 5.41) is 3.21. The highest BCUT2D eigenvalue weighted by atomic mass is 32.2. The van der Waals surface area contributed by atoms with E-state index >= 15 is 0 Å². The van der Waals surface area contributed by atoms with E-state index in [2.05, 4.69) is 27.2 Å². The molecule has 2 aromatic heterocycles. The molecule has 0 aromatic carbocycles. The summed E-state index contributed by atoms with van der Waals surface area (Å²) >= 11 is 1.71. The Morgan fingerprint density at radius 3 is 3.00 bits per heavy atom. The molecular formula is C9H13N5S. The van der Waals surface area contributed by atoms with Gasteiger partial charge >= 0.3 is 0 Å². The van der Waals surface area contributed by atoms with Crippen LogP contribution in [-0.4, -0.2) is 31.7 Å². The van der Waals surface area contributed by atoms with Gasteiger partial charge in [0.15, 0.2) is 11.5 Å². The molecule has 2 aromatic rings. The van der Waals surface area contributed by atoms with Crippen LogP contribution in [0.15, 0.2) is 12.7 Å². The van der Waals surface area contributed by atoms with Crippen LogP contribution in [0.2, 0.25) is 0 Å². The molecule has 0 aliphatic carbocycles. The Kier molecular flexibility index (Phi) is 3.05. The minimum absolute atomic E-state index is 0.807. The number of nitrogens with one attached hydrogen (secondary N) is 1. The second-order valence-corrected chi connectivity index (χ2v) is 3.90. The molecule has 15 heavy (non-hydrogen) atoms. The van der Waals surface area contributed by atoms with E-state index in [0.29, 0.717) is 0 Å². The molecule has 0 unspecified atom stereocenters. The van der Waals surface area contributed by atoms with Crippen molar-refractivity contribution in [3.05, 3.63) is 12.7 Å². The van der Waals surface area contributed by atoms with Gasteiger partial charge in [0.05, 0.1) is 12.2 Å². The first kappa shape index (κ1) is 10.2. The largest absolute Gasteiger partial charge is 0.359 e. The molecular weight excluding hydrogens is 210 g/mol. The van der Waals surface area contributed by atoms with Crippen LogP contribution in [0.25, 0.3) is 11.2 Å². The number of aryl methyl sites for hydroxylation is 1. The third-order valence-electron chi connectivity index (χ3n) is 2.13. The molecule has 0 aliphatic rings. The minimum Gasteiger partial charge on any atom is -0.359 e. The van der Waals surface area contributed by atoms with Crippen LogP contribution in [0, 0.1) is 0 Å². The van der Waals surface area contributed by atoms with Crippen LogP contribution < -0.4 is 5.32 Å². The minimum atomic E-state index is 0.807. The summed E-state index contributed by atoms with van der Waals surface area (Å²) in [5.41, 5.74) is 1.73. The molecule has 0 fully saturated rings. The normalized spacial score (nSPS) is 10.8. The van der Waals surface area contributed by atoms with Crippen molar-refractivity contribution in [2.45, 2.75) is 13.5 Å². The number of imidazole rings is 1. The lowest BCUT2D eigenvalue weighted by atomic mass is 10.5. The standard InChI is InChI=1S/C9H13N5S/c1-3-14-5-12-7-8(13-6-15-2)10-4-11-9(7)14/h4-5H,3,6H2,1-2H3,(H,10,11,13). The van der Waals surface area contributed by atoms with Crippen molar-refractivity contribution < 1.29 is 0 Å². The first-order valence-corrected chi connectivity index (χ1v) is 6.14. The van der Waals surface area contributed by atoms with Crippen LogP contribution in [0.4, 0.5) is 5.82 Å². The lowest BCUT2D eigenvalue weighted by Gasteiger charge is -2.03. The number of nitrogens with zero attached hydrogens (tertiary/aromatic N) is 4. The molecule has 0 spiro atoms. The van der Waals surface area contributed by atoms with Crippen molar-refractivity contribution in [3.8, 4) is 0 Å². The Morgan fingerprint density at radius 2 is 2.27 bits per heavy atom. The highest BCUT2D eigenvalue weighted by Crippen LogP contribution is 2.17. The summed E-state index contributed by atoms with van der Waals surface area (Å²) in [4.78, 5) is 12.7. The van der Waals surface area contributed by atoms with Gasteiger partial charge in [-0.1, -0.05) is 0 Å². The third kappa shape index (κ3) is 1.90. The maximum absolute atomic E-state index is 4.31. The van der Waals surface area contributed by atoms with E-state index < -0.39 is 0 Å². The number of hydrogen-bond donors (Lipinski definition) is 1. The maximum atomic E-state index is 4.31. The smallest absolute Gasteiger partial charge is 0.165 e. The summed E-state index contributed by atoms with van der Waals surface area (Å²) in [6, 6.07) is 0. The van der Waals surface area contributed by atoms with Crippen LogP contribution in [0.5, 0.6) is 0 Å². The van der Waals surface area contributed by atoms with E-state index in [1.54, 1.807) is 24.4 Å². The van der Waals surface area contributed by atoms with Gasteiger partial charge in [0.1, 0.15) is 11.8 Å². The van der Waals surface area contributed by atoms with Gasteiger partial charge in [0.2, 0.25) is 0 Å². The summed E-state index contributed by atoms with van der Waals surface area (Å²) in [5.74, 6) is 1.63. The van der Waals surface area contributed by atoms with Crippen molar-refractivity contribution in [2.75, 3.05) is 17.4 Å². The highest BCUT2D eigenvalue weighted by molar-refractivity contribution is 7.98. The SMILES string of the molecule is CCn1cnc2c(NCSC)ncnc21. The van der Waals surface area contributed by atoms with Gasteiger partial charge in [-0.15, -0.1) is 11.8 Å². The molecule has 0 radical (unpaired) electrons. The predicted octanol–water partition coefficient (Wildman–Crippen LogP) is 1.58. The molecule has 0 bridgehead atoms. The van der Waals surface area contributed by atoms with Crippen molar-refractivity contribution in [1.82, 2.24) is 19.5 Å². The summed E-state index contributed by atoms with van der Waals surface area (Å²) in [7, 11) is 0. The average molecular weight is 223 g/mol. The van der Waals surface area contributed by atoms with Gasteiger partial charge in [-0.25, -0.2) is 15.0 Å². The van der Waals surface area contributed by atoms with Crippen molar-refractivity contribution in [2.24, 2.45) is 0 Å². The summed E-state index contributed by atoms with van der Waals surface area (Å²) < 4.78 is 2.00. The molecule has 80 valence electrons. The number of thioether (sulfide) groups is 1. The molecule has 1 N–H and O–H groups in total. The van der Waals surface area contributed by atoms with Crippen molar-refractivity contribution in [3.63, 3.8) is 0 Å². The fraction of sp³-hybridized carbons (Fsp3) is 0.444. The van der Waals surface area contributed by atoms with Gasteiger partial charge in [0, 0.05) is 6.54 Å². The van der Waals surface area contributed by atoms with Crippen molar-refractivity contribution in [1.29, 1.82) is 0 Å². The summed E-state index contributed by atoms with van der Waals surface area (Å²) in [6.45, 7) is 2.94. The van der Waals surface area contributed by atoms with Gasteiger partial charge in [-0.3, -0.25) is 0 Å². The third-order valence-corrected chi connectivity index (χ3v) is 2.56. The van der Waals surface area contributed by atoms with E-state index in [-0.39, 0.29) is 0 Å². The monoisotopic (exact) mass is 223 g/mol. The maximum Gasteiger partial charge on any atom is 0.165 e. The highest BCUT2D eigenvalue weighted by Gasteiger charge is 2.07. The zero-order valence-corrected chi connectivity index (χ0v) is 9.58. The number of fused-ring (bicyclic) bond motifs is 1. The number of anilines is 1.